The molecule has 0 atom stereocenters. The Labute approximate surface area is 157 Å². The summed E-state index contributed by atoms with van der Waals surface area (Å²) in [6.45, 7) is 0. The summed E-state index contributed by atoms with van der Waals surface area (Å²) in [5.41, 5.74) is 1.00. The average molecular weight is 360 g/mol. The molecule has 26 heavy (non-hydrogen) atoms. The number of hydrogen-bond donors (Lipinski definition) is 0. The zero-order valence-electron chi connectivity index (χ0n) is 16.3. The number of nitrogens with zero attached hydrogens (tertiary/aromatic N) is 1. The van der Waals surface area contributed by atoms with Gasteiger partial charge in [-0.3, -0.25) is 4.79 Å². The van der Waals surface area contributed by atoms with Gasteiger partial charge in [-0.25, -0.2) is 0 Å². The zero-order valence-corrected chi connectivity index (χ0v) is 16.3. The molecule has 4 nitrogen and oxygen atoms in total. The quantitative estimate of drug-likeness (QED) is 0.736. The van der Waals surface area contributed by atoms with Gasteiger partial charge in [-0.15, -0.1) is 0 Å². The van der Waals surface area contributed by atoms with Crippen molar-refractivity contribution >= 4 is 5.91 Å². The first-order chi connectivity index (χ1) is 12.7. The third-order valence-electron chi connectivity index (χ3n) is 6.03. The third kappa shape index (κ3) is 4.52. The maximum atomic E-state index is 13.3. The normalized spacial score (nSPS) is 19.2. The van der Waals surface area contributed by atoms with E-state index in [0.29, 0.717) is 30.0 Å². The second-order valence-corrected chi connectivity index (χ2v) is 7.75. The molecular weight excluding hydrogens is 326 g/mol. The van der Waals surface area contributed by atoms with Gasteiger partial charge in [0.25, 0.3) is 0 Å². The van der Waals surface area contributed by atoms with Crippen LogP contribution in [-0.4, -0.2) is 37.1 Å². The fourth-order valence-electron chi connectivity index (χ4n) is 4.68. The van der Waals surface area contributed by atoms with Gasteiger partial charge < -0.3 is 14.4 Å². The van der Waals surface area contributed by atoms with Crippen molar-refractivity contribution in [2.24, 2.45) is 0 Å². The number of rotatable bonds is 6. The lowest BCUT2D eigenvalue weighted by Crippen LogP contribution is -2.49. The third-order valence-corrected chi connectivity index (χ3v) is 6.03. The summed E-state index contributed by atoms with van der Waals surface area (Å²) in [6.07, 6.45) is 12.8. The molecule has 2 aliphatic rings. The summed E-state index contributed by atoms with van der Waals surface area (Å²) in [4.78, 5) is 15.6. The Bertz CT molecular complexity index is 571. The standard InChI is InChI=1S/C22H33NO3/c1-25-20-14-13-17(15-21(20)26-2)16-22(24)23(18-9-5-3-6-10-18)19-11-7-4-8-12-19/h13-15,18-19H,3-12,16H2,1-2H3. The first-order valence-corrected chi connectivity index (χ1v) is 10.2. The number of methoxy groups -OCH3 is 2. The van der Waals surface area contributed by atoms with Crippen LogP contribution in [0.4, 0.5) is 0 Å². The van der Waals surface area contributed by atoms with Gasteiger partial charge in [0.05, 0.1) is 20.6 Å². The summed E-state index contributed by atoms with van der Waals surface area (Å²) in [6, 6.07) is 6.71. The molecule has 0 radical (unpaired) electrons. The van der Waals surface area contributed by atoms with E-state index >= 15 is 0 Å². The lowest BCUT2D eigenvalue weighted by atomic mass is 9.88. The van der Waals surface area contributed by atoms with E-state index in [1.807, 2.05) is 18.2 Å². The van der Waals surface area contributed by atoms with Crippen molar-refractivity contribution in [2.75, 3.05) is 14.2 Å². The smallest absolute Gasteiger partial charge is 0.227 e. The maximum absolute atomic E-state index is 13.3. The fraction of sp³-hybridized carbons (Fsp3) is 0.682. The number of hydrogen-bond acceptors (Lipinski definition) is 3. The van der Waals surface area contributed by atoms with Crippen LogP contribution in [0.15, 0.2) is 18.2 Å². The zero-order chi connectivity index (χ0) is 18.4. The molecule has 0 heterocycles. The highest BCUT2D eigenvalue weighted by atomic mass is 16.5. The van der Waals surface area contributed by atoms with E-state index in [4.69, 9.17) is 9.47 Å². The molecule has 1 aromatic rings. The topological polar surface area (TPSA) is 38.8 Å². The largest absolute Gasteiger partial charge is 0.493 e. The molecule has 0 spiro atoms. The van der Waals surface area contributed by atoms with Gasteiger partial charge in [0.15, 0.2) is 11.5 Å². The highest BCUT2D eigenvalue weighted by Crippen LogP contribution is 2.32. The number of amides is 1. The molecule has 2 fully saturated rings. The number of ether oxygens (including phenoxy) is 2. The van der Waals surface area contributed by atoms with Crippen LogP contribution < -0.4 is 9.47 Å². The number of carbonyl (C=O) groups is 1. The first kappa shape index (κ1) is 19.1. The van der Waals surface area contributed by atoms with Crippen LogP contribution in [0.3, 0.4) is 0 Å². The van der Waals surface area contributed by atoms with Crippen LogP contribution >= 0.6 is 0 Å². The van der Waals surface area contributed by atoms with Gasteiger partial charge >= 0.3 is 0 Å². The van der Waals surface area contributed by atoms with E-state index < -0.39 is 0 Å². The van der Waals surface area contributed by atoms with Crippen LogP contribution in [0, 0.1) is 0 Å². The summed E-state index contributed by atoms with van der Waals surface area (Å²) < 4.78 is 10.7. The van der Waals surface area contributed by atoms with E-state index in [1.54, 1.807) is 14.2 Å². The van der Waals surface area contributed by atoms with Gasteiger partial charge in [0.2, 0.25) is 5.91 Å². The monoisotopic (exact) mass is 359 g/mol. The summed E-state index contributed by atoms with van der Waals surface area (Å²) in [5, 5.41) is 0. The SMILES string of the molecule is COc1ccc(CC(=O)N(C2CCCCC2)C2CCCCC2)cc1OC. The van der Waals surface area contributed by atoms with E-state index in [9.17, 15) is 4.79 Å². The van der Waals surface area contributed by atoms with Crippen molar-refractivity contribution < 1.29 is 14.3 Å². The molecule has 0 unspecified atom stereocenters. The Morgan fingerprint density at radius 2 is 1.42 bits per heavy atom. The second-order valence-electron chi connectivity index (χ2n) is 7.75. The lowest BCUT2D eigenvalue weighted by Gasteiger charge is -2.42. The minimum atomic E-state index is 0.288. The molecule has 0 saturated heterocycles. The Morgan fingerprint density at radius 1 is 0.885 bits per heavy atom. The Morgan fingerprint density at radius 3 is 1.92 bits per heavy atom. The molecule has 1 aromatic carbocycles. The molecular formula is C22H33NO3. The Hall–Kier alpha value is -1.71. The van der Waals surface area contributed by atoms with E-state index in [0.717, 1.165) is 5.56 Å². The maximum Gasteiger partial charge on any atom is 0.227 e. The van der Waals surface area contributed by atoms with E-state index in [1.165, 1.54) is 64.2 Å². The molecule has 3 rings (SSSR count). The van der Waals surface area contributed by atoms with Gasteiger partial charge in [-0.05, 0) is 43.4 Å². The van der Waals surface area contributed by atoms with E-state index in [2.05, 4.69) is 4.90 Å². The number of benzene rings is 1. The van der Waals surface area contributed by atoms with Gasteiger partial charge in [0, 0.05) is 12.1 Å². The van der Waals surface area contributed by atoms with Crippen LogP contribution in [0.1, 0.15) is 69.8 Å². The highest BCUT2D eigenvalue weighted by molar-refractivity contribution is 5.79. The van der Waals surface area contributed by atoms with Crippen molar-refractivity contribution in [3.8, 4) is 11.5 Å². The molecule has 0 aliphatic heterocycles. The first-order valence-electron chi connectivity index (χ1n) is 10.2. The van der Waals surface area contributed by atoms with Crippen molar-refractivity contribution in [3.05, 3.63) is 23.8 Å². The Kier molecular flexibility index (Phi) is 6.81. The van der Waals surface area contributed by atoms with Gasteiger partial charge in [-0.2, -0.15) is 0 Å². The molecule has 2 aliphatic carbocycles. The molecule has 1 amide bonds. The van der Waals surface area contributed by atoms with Crippen LogP contribution in [-0.2, 0) is 11.2 Å². The molecule has 0 N–H and O–H groups in total. The molecule has 0 aromatic heterocycles. The van der Waals surface area contributed by atoms with Gasteiger partial charge in [0.1, 0.15) is 0 Å². The van der Waals surface area contributed by atoms with Crippen LogP contribution in [0.5, 0.6) is 11.5 Å². The molecule has 0 bridgehead atoms. The fourth-order valence-corrected chi connectivity index (χ4v) is 4.68. The van der Waals surface area contributed by atoms with Crippen molar-refractivity contribution in [3.63, 3.8) is 0 Å². The van der Waals surface area contributed by atoms with Crippen LogP contribution in [0.2, 0.25) is 0 Å². The van der Waals surface area contributed by atoms with Crippen molar-refractivity contribution in [1.29, 1.82) is 0 Å². The average Bonchev–Trinajstić information content (AvgIpc) is 2.69. The highest BCUT2D eigenvalue weighted by Gasteiger charge is 2.32. The minimum absolute atomic E-state index is 0.288. The van der Waals surface area contributed by atoms with Gasteiger partial charge in [-0.1, -0.05) is 44.6 Å². The summed E-state index contributed by atoms with van der Waals surface area (Å²) in [7, 11) is 3.27. The minimum Gasteiger partial charge on any atom is -0.493 e. The second kappa shape index (κ2) is 9.29. The number of carbonyl (C=O) groups excluding carboxylic acids is 1. The van der Waals surface area contributed by atoms with Crippen molar-refractivity contribution in [1.82, 2.24) is 4.90 Å². The van der Waals surface area contributed by atoms with E-state index in [-0.39, 0.29) is 5.91 Å². The Balaban J connectivity index is 1.76. The summed E-state index contributed by atoms with van der Waals surface area (Å²) >= 11 is 0. The van der Waals surface area contributed by atoms with Crippen molar-refractivity contribution in [2.45, 2.75) is 82.7 Å². The molecule has 144 valence electrons. The predicted molar refractivity (Wildman–Crippen MR) is 104 cm³/mol. The molecule has 4 heteroatoms. The lowest BCUT2D eigenvalue weighted by molar-refractivity contribution is -0.137. The summed E-state index contributed by atoms with van der Waals surface area (Å²) in [5.74, 6) is 1.69. The molecule has 2 saturated carbocycles. The van der Waals surface area contributed by atoms with Crippen LogP contribution in [0.25, 0.3) is 0 Å². The predicted octanol–water partition coefficient (Wildman–Crippen LogP) is 4.74.